The molecule has 0 aliphatic carbocycles. The van der Waals surface area contributed by atoms with Gasteiger partial charge in [-0.05, 0) is 24.6 Å². The van der Waals surface area contributed by atoms with Gasteiger partial charge in [-0.2, -0.15) is 0 Å². The Kier molecular flexibility index (Phi) is 5.71. The monoisotopic (exact) mass is 245 g/mol. The summed E-state index contributed by atoms with van der Waals surface area (Å²) in [4.78, 5) is 13.1. The van der Waals surface area contributed by atoms with E-state index in [0.29, 0.717) is 13.2 Å². The number of carbonyl (C=O) groups excluding carboxylic acids is 1. The maximum absolute atomic E-state index is 10.9. The quantitative estimate of drug-likeness (QED) is 0.546. The zero-order valence-electron chi connectivity index (χ0n) is 10.8. The topological polar surface area (TPSA) is 29.5 Å². The van der Waals surface area contributed by atoms with Crippen LogP contribution in [0.25, 0.3) is 6.08 Å². The first-order chi connectivity index (χ1) is 8.71. The standard InChI is InChI=1S/C15H19NO2/c1-4-13-7-9-14(10-8-13)16(6-3)11-12-18-15(17)5-2/h4-5,7-10H,1-2,6,11-12H2,3H3. The summed E-state index contributed by atoms with van der Waals surface area (Å²) in [6, 6.07) is 8.10. The van der Waals surface area contributed by atoms with E-state index in [1.54, 1.807) is 0 Å². The molecule has 0 saturated heterocycles. The van der Waals surface area contributed by atoms with Crippen LogP contribution in [0.1, 0.15) is 12.5 Å². The summed E-state index contributed by atoms with van der Waals surface area (Å²) in [5.41, 5.74) is 2.20. The van der Waals surface area contributed by atoms with Crippen LogP contribution in [0, 0.1) is 0 Å². The molecule has 0 aromatic heterocycles. The Morgan fingerprint density at radius 3 is 2.50 bits per heavy atom. The first-order valence-corrected chi connectivity index (χ1v) is 5.98. The van der Waals surface area contributed by atoms with Gasteiger partial charge in [0.25, 0.3) is 0 Å². The molecule has 0 unspecified atom stereocenters. The van der Waals surface area contributed by atoms with Crippen LogP contribution < -0.4 is 4.90 Å². The summed E-state index contributed by atoms with van der Waals surface area (Å²) in [5, 5.41) is 0. The van der Waals surface area contributed by atoms with Gasteiger partial charge in [0.05, 0.1) is 6.54 Å². The average molecular weight is 245 g/mol. The molecular weight excluding hydrogens is 226 g/mol. The number of nitrogens with zero attached hydrogens (tertiary/aromatic N) is 1. The van der Waals surface area contributed by atoms with E-state index in [-0.39, 0.29) is 5.97 Å². The average Bonchev–Trinajstić information content (AvgIpc) is 2.43. The highest BCUT2D eigenvalue weighted by molar-refractivity contribution is 5.81. The van der Waals surface area contributed by atoms with E-state index in [1.807, 2.05) is 30.3 Å². The lowest BCUT2D eigenvalue weighted by Crippen LogP contribution is -2.27. The van der Waals surface area contributed by atoms with E-state index in [1.165, 1.54) is 6.08 Å². The molecule has 0 spiro atoms. The highest BCUT2D eigenvalue weighted by atomic mass is 16.5. The van der Waals surface area contributed by atoms with Gasteiger partial charge in [0.15, 0.2) is 0 Å². The Bertz CT molecular complexity index is 409. The zero-order valence-corrected chi connectivity index (χ0v) is 10.8. The van der Waals surface area contributed by atoms with Gasteiger partial charge in [-0.25, -0.2) is 4.79 Å². The second-order valence-corrected chi connectivity index (χ2v) is 3.75. The molecule has 0 radical (unpaired) electrons. The molecule has 0 N–H and O–H groups in total. The van der Waals surface area contributed by atoms with Crippen molar-refractivity contribution in [2.24, 2.45) is 0 Å². The van der Waals surface area contributed by atoms with Gasteiger partial charge >= 0.3 is 5.97 Å². The largest absolute Gasteiger partial charge is 0.461 e. The number of ether oxygens (including phenoxy) is 1. The summed E-state index contributed by atoms with van der Waals surface area (Å²) >= 11 is 0. The van der Waals surface area contributed by atoms with Crippen molar-refractivity contribution >= 4 is 17.7 Å². The number of likely N-dealkylation sites (N-methyl/N-ethyl adjacent to an activating group) is 1. The predicted octanol–water partition coefficient (Wildman–Crippen LogP) is 2.89. The van der Waals surface area contributed by atoms with E-state index in [9.17, 15) is 4.79 Å². The maximum atomic E-state index is 10.9. The number of rotatable bonds is 7. The molecule has 3 heteroatoms. The number of hydrogen-bond donors (Lipinski definition) is 0. The van der Waals surface area contributed by atoms with E-state index in [2.05, 4.69) is 25.0 Å². The SMILES string of the molecule is C=CC(=O)OCCN(CC)c1ccc(C=C)cc1. The van der Waals surface area contributed by atoms with Crippen molar-refractivity contribution in [3.05, 3.63) is 49.1 Å². The van der Waals surface area contributed by atoms with Crippen molar-refractivity contribution < 1.29 is 9.53 Å². The molecular formula is C15H19NO2. The van der Waals surface area contributed by atoms with Gasteiger partial charge in [-0.15, -0.1) is 0 Å². The van der Waals surface area contributed by atoms with Crippen LogP contribution in [0.3, 0.4) is 0 Å². The van der Waals surface area contributed by atoms with E-state index in [4.69, 9.17) is 4.74 Å². The molecule has 0 bridgehead atoms. The fraction of sp³-hybridized carbons (Fsp3) is 0.267. The van der Waals surface area contributed by atoms with Gasteiger partial charge in [0.2, 0.25) is 0 Å². The molecule has 0 saturated carbocycles. The number of anilines is 1. The third kappa shape index (κ3) is 4.09. The first kappa shape index (κ1) is 14.0. The second-order valence-electron chi connectivity index (χ2n) is 3.75. The lowest BCUT2D eigenvalue weighted by molar-refractivity contribution is -0.137. The minimum Gasteiger partial charge on any atom is -0.461 e. The summed E-state index contributed by atoms with van der Waals surface area (Å²) in [6.45, 7) is 11.0. The molecule has 0 amide bonds. The van der Waals surface area contributed by atoms with Crippen molar-refractivity contribution in [3.63, 3.8) is 0 Å². The molecule has 0 aliphatic rings. The van der Waals surface area contributed by atoms with Crippen LogP contribution in [0.2, 0.25) is 0 Å². The third-order valence-electron chi connectivity index (χ3n) is 2.65. The van der Waals surface area contributed by atoms with Crippen LogP contribution in [0.4, 0.5) is 5.69 Å². The highest BCUT2D eigenvalue weighted by Crippen LogP contribution is 2.15. The predicted molar refractivity (Wildman–Crippen MR) is 75.6 cm³/mol. The Balaban J connectivity index is 2.56. The second kappa shape index (κ2) is 7.33. The van der Waals surface area contributed by atoms with E-state index >= 15 is 0 Å². The van der Waals surface area contributed by atoms with Crippen molar-refractivity contribution in [2.45, 2.75) is 6.92 Å². The van der Waals surface area contributed by atoms with E-state index < -0.39 is 0 Å². The number of hydrogen-bond acceptors (Lipinski definition) is 3. The van der Waals surface area contributed by atoms with Crippen LogP contribution in [-0.2, 0) is 9.53 Å². The zero-order chi connectivity index (χ0) is 13.4. The first-order valence-electron chi connectivity index (χ1n) is 5.98. The van der Waals surface area contributed by atoms with Gasteiger partial charge in [0, 0.05) is 18.3 Å². The fourth-order valence-corrected chi connectivity index (χ4v) is 1.61. The molecule has 0 aliphatic heterocycles. The van der Waals surface area contributed by atoms with Gasteiger partial charge in [-0.1, -0.05) is 31.4 Å². The highest BCUT2D eigenvalue weighted by Gasteiger charge is 2.04. The van der Waals surface area contributed by atoms with Gasteiger partial charge in [0.1, 0.15) is 6.61 Å². The molecule has 1 aromatic rings. The molecule has 3 nitrogen and oxygen atoms in total. The Labute approximate surface area is 108 Å². The van der Waals surface area contributed by atoms with E-state index in [0.717, 1.165) is 17.8 Å². The normalized spacial score (nSPS) is 9.61. The molecule has 0 heterocycles. The van der Waals surface area contributed by atoms with Gasteiger partial charge in [-0.3, -0.25) is 0 Å². The molecule has 1 aromatic carbocycles. The summed E-state index contributed by atoms with van der Waals surface area (Å²) in [6.07, 6.45) is 2.99. The fourth-order valence-electron chi connectivity index (χ4n) is 1.61. The summed E-state index contributed by atoms with van der Waals surface area (Å²) in [5.74, 6) is -0.381. The molecule has 1 rings (SSSR count). The van der Waals surface area contributed by atoms with Crippen LogP contribution in [0.15, 0.2) is 43.5 Å². The smallest absolute Gasteiger partial charge is 0.330 e. The summed E-state index contributed by atoms with van der Waals surface area (Å²) < 4.78 is 4.98. The Morgan fingerprint density at radius 1 is 1.33 bits per heavy atom. The Morgan fingerprint density at radius 2 is 2.00 bits per heavy atom. The van der Waals surface area contributed by atoms with Gasteiger partial charge < -0.3 is 9.64 Å². The molecule has 18 heavy (non-hydrogen) atoms. The molecule has 0 fully saturated rings. The number of carbonyl (C=O) groups is 1. The van der Waals surface area contributed by atoms with Crippen molar-refractivity contribution in [2.75, 3.05) is 24.6 Å². The van der Waals surface area contributed by atoms with Crippen molar-refractivity contribution in [1.82, 2.24) is 0 Å². The lowest BCUT2D eigenvalue weighted by Gasteiger charge is -2.22. The number of esters is 1. The Hall–Kier alpha value is -2.03. The lowest BCUT2D eigenvalue weighted by atomic mass is 10.2. The summed E-state index contributed by atoms with van der Waals surface area (Å²) in [7, 11) is 0. The number of benzene rings is 1. The van der Waals surface area contributed by atoms with Crippen molar-refractivity contribution in [1.29, 1.82) is 0 Å². The van der Waals surface area contributed by atoms with Crippen molar-refractivity contribution in [3.8, 4) is 0 Å². The van der Waals surface area contributed by atoms with Crippen LogP contribution in [-0.4, -0.2) is 25.7 Å². The minimum absolute atomic E-state index is 0.363. The third-order valence-corrected chi connectivity index (χ3v) is 2.65. The molecule has 96 valence electrons. The molecule has 0 atom stereocenters. The van der Waals surface area contributed by atoms with Crippen LogP contribution >= 0.6 is 0 Å². The maximum Gasteiger partial charge on any atom is 0.330 e. The minimum atomic E-state index is -0.381. The van der Waals surface area contributed by atoms with Crippen LogP contribution in [0.5, 0.6) is 0 Å².